The molecule has 1 atom stereocenters. The first-order chi connectivity index (χ1) is 10.0. The van der Waals surface area contributed by atoms with Crippen LogP contribution in [-0.2, 0) is 14.6 Å². The molecule has 1 N–H and O–H groups in total. The van der Waals surface area contributed by atoms with Crippen LogP contribution in [0, 0.1) is 5.92 Å². The number of carbonyl (C=O) groups excluding carboxylic acids is 1. The zero-order valence-electron chi connectivity index (χ0n) is 11.7. The van der Waals surface area contributed by atoms with Gasteiger partial charge in [0.15, 0.2) is 9.84 Å². The molecule has 114 valence electrons. The number of aliphatic hydroxyl groups excluding tert-OH is 1. The Bertz CT molecular complexity index is 610. The number of hydrogen-bond donors (Lipinski definition) is 1. The minimum absolute atomic E-state index is 0.116. The fourth-order valence-corrected chi connectivity index (χ4v) is 3.38. The Balaban J connectivity index is 2.00. The molecule has 1 aromatic carbocycles. The molecule has 21 heavy (non-hydrogen) atoms. The average Bonchev–Trinajstić information content (AvgIpc) is 2.95. The molecule has 6 heteroatoms. The van der Waals surface area contributed by atoms with Crippen molar-refractivity contribution in [3.8, 4) is 0 Å². The predicted octanol–water partition coefficient (Wildman–Crippen LogP) is 1.20. The number of benzene rings is 1. The van der Waals surface area contributed by atoms with Gasteiger partial charge < -0.3 is 10.0 Å². The molecule has 0 spiro atoms. The van der Waals surface area contributed by atoms with Crippen molar-refractivity contribution in [2.45, 2.75) is 17.7 Å². The van der Waals surface area contributed by atoms with Gasteiger partial charge >= 0.3 is 0 Å². The molecule has 0 radical (unpaired) electrons. The van der Waals surface area contributed by atoms with Gasteiger partial charge in [-0.05, 0) is 30.9 Å². The van der Waals surface area contributed by atoms with Crippen LogP contribution in [0.1, 0.15) is 12.8 Å². The molecule has 0 aromatic heterocycles. The van der Waals surface area contributed by atoms with Crippen LogP contribution in [0.15, 0.2) is 46.7 Å². The fourth-order valence-electron chi connectivity index (χ4n) is 2.39. The van der Waals surface area contributed by atoms with E-state index in [2.05, 4.69) is 0 Å². The van der Waals surface area contributed by atoms with Crippen LogP contribution >= 0.6 is 0 Å². The van der Waals surface area contributed by atoms with Gasteiger partial charge in [-0.25, -0.2) is 8.42 Å². The first kappa shape index (κ1) is 15.7. The van der Waals surface area contributed by atoms with Crippen molar-refractivity contribution >= 4 is 15.7 Å². The van der Waals surface area contributed by atoms with E-state index in [9.17, 15) is 13.2 Å². The van der Waals surface area contributed by atoms with Crippen LogP contribution in [0.5, 0.6) is 0 Å². The van der Waals surface area contributed by atoms with E-state index < -0.39 is 9.84 Å². The summed E-state index contributed by atoms with van der Waals surface area (Å²) in [6.45, 7) is 1.30. The van der Waals surface area contributed by atoms with Gasteiger partial charge in [-0.3, -0.25) is 4.79 Å². The number of likely N-dealkylation sites (tertiary alicyclic amines) is 1. The van der Waals surface area contributed by atoms with Crippen LogP contribution in [0.2, 0.25) is 0 Å². The lowest BCUT2D eigenvalue weighted by Crippen LogP contribution is -2.27. The number of sulfone groups is 1. The number of hydrogen-bond acceptors (Lipinski definition) is 4. The minimum Gasteiger partial charge on any atom is -0.396 e. The van der Waals surface area contributed by atoms with Gasteiger partial charge in [0.25, 0.3) is 0 Å². The third-order valence-electron chi connectivity index (χ3n) is 3.60. The van der Waals surface area contributed by atoms with E-state index >= 15 is 0 Å². The van der Waals surface area contributed by atoms with Gasteiger partial charge in [0.1, 0.15) is 0 Å². The zero-order chi connectivity index (χ0) is 15.3. The maximum absolute atomic E-state index is 12.0. The highest BCUT2D eigenvalue weighted by molar-refractivity contribution is 7.94. The Morgan fingerprint density at radius 1 is 1.33 bits per heavy atom. The summed E-state index contributed by atoms with van der Waals surface area (Å²) in [4.78, 5) is 13.8. The second-order valence-electron chi connectivity index (χ2n) is 5.11. The second kappa shape index (κ2) is 6.87. The molecule has 2 rings (SSSR count). The smallest absolute Gasteiger partial charge is 0.247 e. The van der Waals surface area contributed by atoms with E-state index in [1.54, 1.807) is 23.1 Å². The van der Waals surface area contributed by atoms with Gasteiger partial charge in [0.05, 0.1) is 4.90 Å². The van der Waals surface area contributed by atoms with Crippen molar-refractivity contribution in [2.75, 3.05) is 19.7 Å². The number of aliphatic hydroxyl groups is 1. The van der Waals surface area contributed by atoms with Crippen molar-refractivity contribution in [3.05, 3.63) is 41.8 Å². The molecular formula is C15H19NO4S. The Morgan fingerprint density at radius 2 is 2.05 bits per heavy atom. The second-order valence-corrected chi connectivity index (χ2v) is 6.95. The fraction of sp³-hybridized carbons (Fsp3) is 0.400. The summed E-state index contributed by atoms with van der Waals surface area (Å²) in [5.41, 5.74) is 0. The van der Waals surface area contributed by atoms with Gasteiger partial charge in [0.2, 0.25) is 5.91 Å². The molecule has 0 aliphatic carbocycles. The molecule has 0 bridgehead atoms. The molecule has 0 saturated carbocycles. The molecular weight excluding hydrogens is 290 g/mol. The lowest BCUT2D eigenvalue weighted by atomic mass is 10.1. The minimum atomic E-state index is -3.58. The van der Waals surface area contributed by atoms with Crippen molar-refractivity contribution < 1.29 is 18.3 Å². The van der Waals surface area contributed by atoms with Crippen LogP contribution < -0.4 is 0 Å². The Labute approximate surface area is 124 Å². The van der Waals surface area contributed by atoms with E-state index in [0.717, 1.165) is 17.9 Å². The lowest BCUT2D eigenvalue weighted by Gasteiger charge is -2.13. The van der Waals surface area contributed by atoms with Gasteiger partial charge in [-0.15, -0.1) is 0 Å². The molecule has 1 heterocycles. The van der Waals surface area contributed by atoms with Crippen LogP contribution in [0.4, 0.5) is 0 Å². The number of rotatable bonds is 5. The molecule has 1 fully saturated rings. The summed E-state index contributed by atoms with van der Waals surface area (Å²) in [5.74, 6) is 0.00743. The van der Waals surface area contributed by atoms with E-state index in [1.807, 2.05) is 0 Å². The number of amides is 1. The highest BCUT2D eigenvalue weighted by Crippen LogP contribution is 2.19. The van der Waals surface area contributed by atoms with Crippen molar-refractivity contribution in [3.63, 3.8) is 0 Å². The monoisotopic (exact) mass is 309 g/mol. The molecule has 1 aliphatic heterocycles. The molecule has 1 saturated heterocycles. The first-order valence-electron chi connectivity index (χ1n) is 6.91. The number of carbonyl (C=O) groups is 1. The highest BCUT2D eigenvalue weighted by atomic mass is 32.2. The summed E-state index contributed by atoms with van der Waals surface area (Å²) in [7, 11) is -3.58. The average molecular weight is 309 g/mol. The molecule has 1 aliphatic rings. The quantitative estimate of drug-likeness (QED) is 0.830. The maximum Gasteiger partial charge on any atom is 0.247 e. The van der Waals surface area contributed by atoms with E-state index in [4.69, 9.17) is 5.11 Å². The number of nitrogens with zero attached hydrogens (tertiary/aromatic N) is 1. The van der Waals surface area contributed by atoms with Crippen LogP contribution in [0.3, 0.4) is 0 Å². The van der Waals surface area contributed by atoms with E-state index in [-0.39, 0.29) is 17.4 Å². The van der Waals surface area contributed by atoms with Gasteiger partial charge in [-0.2, -0.15) is 0 Å². The highest BCUT2D eigenvalue weighted by Gasteiger charge is 2.24. The van der Waals surface area contributed by atoms with E-state index in [0.29, 0.717) is 25.4 Å². The topological polar surface area (TPSA) is 74.7 Å². The lowest BCUT2D eigenvalue weighted by molar-refractivity contribution is -0.125. The molecule has 1 amide bonds. The van der Waals surface area contributed by atoms with Gasteiger partial charge in [0, 0.05) is 31.2 Å². The van der Waals surface area contributed by atoms with E-state index in [1.165, 1.54) is 12.1 Å². The normalized spacial score (nSPS) is 19.3. The first-order valence-corrected chi connectivity index (χ1v) is 8.45. The zero-order valence-corrected chi connectivity index (χ0v) is 12.5. The van der Waals surface area contributed by atoms with Crippen LogP contribution in [0.25, 0.3) is 0 Å². The molecule has 1 aromatic rings. The summed E-state index contributed by atoms with van der Waals surface area (Å²) >= 11 is 0. The Morgan fingerprint density at radius 3 is 2.71 bits per heavy atom. The van der Waals surface area contributed by atoms with Crippen molar-refractivity contribution in [2.24, 2.45) is 5.92 Å². The van der Waals surface area contributed by atoms with Crippen molar-refractivity contribution in [1.29, 1.82) is 0 Å². The third-order valence-corrected chi connectivity index (χ3v) is 5.02. The van der Waals surface area contributed by atoms with Crippen molar-refractivity contribution in [1.82, 2.24) is 4.90 Å². The standard InChI is InChI=1S/C15H19NO4S/c17-10-7-13-6-9-16(12-13)15(18)8-11-21(19,20)14-4-2-1-3-5-14/h1-5,8,11,13,17H,6-7,9-10,12H2/b11-8+. The summed E-state index contributed by atoms with van der Waals surface area (Å²) in [6.07, 6.45) is 2.64. The molecule has 5 nitrogen and oxygen atoms in total. The summed E-state index contributed by atoms with van der Waals surface area (Å²) in [5, 5.41) is 9.85. The maximum atomic E-state index is 12.0. The Hall–Kier alpha value is -1.66. The predicted molar refractivity (Wildman–Crippen MR) is 79.2 cm³/mol. The summed E-state index contributed by atoms with van der Waals surface area (Å²) in [6, 6.07) is 8.01. The summed E-state index contributed by atoms with van der Waals surface area (Å²) < 4.78 is 24.1. The largest absolute Gasteiger partial charge is 0.396 e. The van der Waals surface area contributed by atoms with Crippen LogP contribution in [-0.4, -0.2) is 44.0 Å². The van der Waals surface area contributed by atoms with Gasteiger partial charge in [-0.1, -0.05) is 18.2 Å². The SMILES string of the molecule is O=C(/C=C/S(=O)(=O)c1ccccc1)N1CCC(CCO)C1. The Kier molecular flexibility index (Phi) is 5.14. The third kappa shape index (κ3) is 4.15. The molecule has 1 unspecified atom stereocenters.